The highest BCUT2D eigenvalue weighted by Crippen LogP contribution is 2.36. The van der Waals surface area contributed by atoms with Crippen LogP contribution in [0.15, 0.2) is 47.8 Å². The van der Waals surface area contributed by atoms with Crippen LogP contribution < -0.4 is 5.32 Å². The minimum absolute atomic E-state index is 0.0193. The number of hydrogen-bond donors (Lipinski definition) is 1. The smallest absolute Gasteiger partial charge is 0.410 e. The first-order valence-electron chi connectivity index (χ1n) is 9.60. The van der Waals surface area contributed by atoms with Crippen LogP contribution in [0.5, 0.6) is 0 Å². The fraction of sp³-hybridized carbons (Fsp3) is 0.364. The van der Waals surface area contributed by atoms with Gasteiger partial charge in [0.2, 0.25) is 0 Å². The molecule has 1 unspecified atom stereocenters. The van der Waals surface area contributed by atoms with Crippen LogP contribution in [0, 0.1) is 0 Å². The molecule has 1 N–H and O–H groups in total. The van der Waals surface area contributed by atoms with Gasteiger partial charge in [-0.3, -0.25) is 4.90 Å². The molecular formula is C22H25N3O2S. The van der Waals surface area contributed by atoms with Crippen LogP contribution >= 0.6 is 11.3 Å². The lowest BCUT2D eigenvalue weighted by molar-refractivity contribution is 0.0222. The van der Waals surface area contributed by atoms with Crippen molar-refractivity contribution in [3.8, 4) is 0 Å². The van der Waals surface area contributed by atoms with E-state index in [9.17, 15) is 4.79 Å². The predicted octanol–water partition coefficient (Wildman–Crippen LogP) is 6.11. The molecule has 1 fully saturated rings. The molecule has 1 aliphatic heterocycles. The van der Waals surface area contributed by atoms with Gasteiger partial charge in [-0.05, 0) is 45.1 Å². The molecule has 1 amide bonds. The summed E-state index contributed by atoms with van der Waals surface area (Å²) in [4.78, 5) is 19.1. The van der Waals surface area contributed by atoms with Gasteiger partial charge in [0.15, 0.2) is 5.13 Å². The number of fused-ring (bicyclic) bond motifs is 1. The number of carbonyl (C=O) groups excluding carboxylic acids is 1. The van der Waals surface area contributed by atoms with Crippen LogP contribution in [0.2, 0.25) is 0 Å². The fourth-order valence-corrected chi connectivity index (χ4v) is 4.33. The van der Waals surface area contributed by atoms with Crippen molar-refractivity contribution in [2.24, 2.45) is 0 Å². The number of hydrogen-bond acceptors (Lipinski definition) is 5. The van der Waals surface area contributed by atoms with Gasteiger partial charge < -0.3 is 10.1 Å². The molecule has 0 aliphatic carbocycles. The Bertz CT molecular complexity index is 987. The number of amides is 1. The van der Waals surface area contributed by atoms with E-state index in [4.69, 9.17) is 9.72 Å². The molecule has 146 valence electrons. The van der Waals surface area contributed by atoms with E-state index < -0.39 is 5.60 Å². The molecule has 1 saturated heterocycles. The zero-order valence-corrected chi connectivity index (χ0v) is 17.3. The third-order valence-corrected chi connectivity index (χ3v) is 5.55. The Hall–Kier alpha value is -2.60. The van der Waals surface area contributed by atoms with Gasteiger partial charge in [-0.2, -0.15) is 0 Å². The van der Waals surface area contributed by atoms with Crippen LogP contribution in [0.3, 0.4) is 0 Å². The first-order valence-corrected chi connectivity index (χ1v) is 10.5. The Kier molecular flexibility index (Phi) is 4.98. The normalized spacial score (nSPS) is 17.1. The van der Waals surface area contributed by atoms with Crippen LogP contribution in [0.4, 0.5) is 15.6 Å². The van der Waals surface area contributed by atoms with Gasteiger partial charge in [0.1, 0.15) is 5.60 Å². The molecule has 2 heterocycles. The lowest BCUT2D eigenvalue weighted by Gasteiger charge is -2.27. The number of ether oxygens (including phenoxy) is 1. The number of thiazole rings is 1. The zero-order valence-electron chi connectivity index (χ0n) is 16.4. The van der Waals surface area contributed by atoms with Gasteiger partial charge in [0.25, 0.3) is 0 Å². The summed E-state index contributed by atoms with van der Waals surface area (Å²) >= 11 is 1.57. The highest BCUT2D eigenvalue weighted by molar-refractivity contribution is 7.13. The number of rotatable bonds is 3. The first-order chi connectivity index (χ1) is 13.4. The summed E-state index contributed by atoms with van der Waals surface area (Å²) in [6.45, 7) is 6.39. The van der Waals surface area contributed by atoms with Crippen molar-refractivity contribution in [3.05, 3.63) is 53.5 Å². The standard InChI is InChI=1S/C22H25N3O2S/c1-22(2,3)27-21(26)25-13-7-12-19(25)18-14-28-20(24-18)23-17-11-6-9-15-8-4-5-10-16(15)17/h4-6,8-11,14,19H,7,12-13H2,1-3H3,(H,23,24). The van der Waals surface area contributed by atoms with Gasteiger partial charge in [-0.25, -0.2) is 9.78 Å². The summed E-state index contributed by atoms with van der Waals surface area (Å²) < 4.78 is 5.57. The van der Waals surface area contributed by atoms with Crippen molar-refractivity contribution < 1.29 is 9.53 Å². The molecule has 0 saturated carbocycles. The second kappa shape index (κ2) is 7.43. The van der Waals surface area contributed by atoms with Gasteiger partial charge in [0, 0.05) is 23.0 Å². The van der Waals surface area contributed by atoms with E-state index in [1.807, 2.05) is 49.3 Å². The van der Waals surface area contributed by atoms with Crippen LogP contribution in [0.1, 0.15) is 45.3 Å². The average molecular weight is 396 g/mol. The molecule has 5 nitrogen and oxygen atoms in total. The third-order valence-electron chi connectivity index (χ3n) is 4.78. The molecule has 2 aromatic carbocycles. The fourth-order valence-electron chi connectivity index (χ4n) is 3.56. The Balaban J connectivity index is 1.53. The maximum atomic E-state index is 12.6. The summed E-state index contributed by atoms with van der Waals surface area (Å²) in [6.07, 6.45) is 1.62. The van der Waals surface area contributed by atoms with Gasteiger partial charge in [-0.15, -0.1) is 11.3 Å². The van der Waals surface area contributed by atoms with E-state index in [0.717, 1.165) is 34.7 Å². The number of carbonyl (C=O) groups is 1. The third kappa shape index (κ3) is 3.97. The van der Waals surface area contributed by atoms with E-state index in [1.54, 1.807) is 11.3 Å². The number of anilines is 2. The molecular weight excluding hydrogens is 370 g/mol. The number of likely N-dealkylation sites (tertiary alicyclic amines) is 1. The first kappa shape index (κ1) is 18.7. The highest BCUT2D eigenvalue weighted by Gasteiger charge is 2.34. The minimum atomic E-state index is -0.493. The van der Waals surface area contributed by atoms with Crippen LogP contribution in [0.25, 0.3) is 10.8 Å². The average Bonchev–Trinajstić information content (AvgIpc) is 3.29. The maximum Gasteiger partial charge on any atom is 0.410 e. The second-order valence-corrected chi connectivity index (χ2v) is 8.92. The Labute approximate surface area is 169 Å². The molecule has 4 rings (SSSR count). The molecule has 28 heavy (non-hydrogen) atoms. The Morgan fingerprint density at radius 3 is 2.82 bits per heavy atom. The van der Waals surface area contributed by atoms with Crippen molar-refractivity contribution in [1.82, 2.24) is 9.88 Å². The van der Waals surface area contributed by atoms with Crippen molar-refractivity contribution in [2.75, 3.05) is 11.9 Å². The van der Waals surface area contributed by atoms with E-state index in [1.165, 1.54) is 5.39 Å². The minimum Gasteiger partial charge on any atom is -0.444 e. The van der Waals surface area contributed by atoms with Crippen LogP contribution in [-0.4, -0.2) is 28.1 Å². The van der Waals surface area contributed by atoms with Gasteiger partial charge >= 0.3 is 6.09 Å². The molecule has 1 aliphatic rings. The summed E-state index contributed by atoms with van der Waals surface area (Å²) in [7, 11) is 0. The lowest BCUT2D eigenvalue weighted by Crippen LogP contribution is -2.36. The number of nitrogens with zero attached hydrogens (tertiary/aromatic N) is 2. The van der Waals surface area contributed by atoms with E-state index in [-0.39, 0.29) is 12.1 Å². The largest absolute Gasteiger partial charge is 0.444 e. The summed E-state index contributed by atoms with van der Waals surface area (Å²) in [5, 5.41) is 8.68. The second-order valence-electron chi connectivity index (χ2n) is 8.06. The molecule has 6 heteroatoms. The van der Waals surface area contributed by atoms with Crippen molar-refractivity contribution in [1.29, 1.82) is 0 Å². The highest BCUT2D eigenvalue weighted by atomic mass is 32.1. The maximum absolute atomic E-state index is 12.6. The summed E-state index contributed by atoms with van der Waals surface area (Å²) in [5.41, 5.74) is 1.47. The lowest BCUT2D eigenvalue weighted by atomic mass is 10.1. The number of benzene rings is 2. The monoisotopic (exact) mass is 395 g/mol. The van der Waals surface area contributed by atoms with E-state index >= 15 is 0 Å². The predicted molar refractivity (Wildman–Crippen MR) is 114 cm³/mol. The molecule has 3 aromatic rings. The van der Waals surface area contributed by atoms with Gasteiger partial charge in [-0.1, -0.05) is 36.4 Å². The molecule has 0 bridgehead atoms. The van der Waals surface area contributed by atoms with Gasteiger partial charge in [0.05, 0.1) is 11.7 Å². The topological polar surface area (TPSA) is 54.5 Å². The van der Waals surface area contributed by atoms with Crippen LogP contribution in [-0.2, 0) is 4.74 Å². The van der Waals surface area contributed by atoms with Crippen molar-refractivity contribution >= 4 is 39.0 Å². The SMILES string of the molecule is CC(C)(C)OC(=O)N1CCCC1c1csc(Nc2cccc3ccccc23)n1. The molecule has 0 spiro atoms. The number of aromatic nitrogens is 1. The summed E-state index contributed by atoms with van der Waals surface area (Å²) in [5.74, 6) is 0. The quantitative estimate of drug-likeness (QED) is 0.581. The van der Waals surface area contributed by atoms with E-state index in [2.05, 4.69) is 29.6 Å². The Morgan fingerprint density at radius 2 is 2.00 bits per heavy atom. The molecule has 0 radical (unpaired) electrons. The Morgan fingerprint density at radius 1 is 1.21 bits per heavy atom. The summed E-state index contributed by atoms with van der Waals surface area (Å²) in [6, 6.07) is 14.5. The number of nitrogens with one attached hydrogen (secondary N) is 1. The van der Waals surface area contributed by atoms with Crippen molar-refractivity contribution in [3.63, 3.8) is 0 Å². The van der Waals surface area contributed by atoms with E-state index in [0.29, 0.717) is 6.54 Å². The molecule has 1 aromatic heterocycles. The molecule has 1 atom stereocenters. The zero-order chi connectivity index (χ0) is 19.7. The van der Waals surface area contributed by atoms with Crippen molar-refractivity contribution in [2.45, 2.75) is 45.3 Å².